The Bertz CT molecular complexity index is 446. The van der Waals surface area contributed by atoms with Crippen LogP contribution in [0.4, 0.5) is 11.4 Å². The van der Waals surface area contributed by atoms with E-state index in [1.165, 1.54) is 6.92 Å². The third-order valence-electron chi connectivity index (χ3n) is 3.66. The number of nitrogens with zero attached hydrogens (tertiary/aromatic N) is 1. The maximum Gasteiger partial charge on any atom is 0.161 e. The van der Waals surface area contributed by atoms with Gasteiger partial charge in [-0.1, -0.05) is 20.8 Å². The van der Waals surface area contributed by atoms with Crippen molar-refractivity contribution in [3.63, 3.8) is 0 Å². The predicted molar refractivity (Wildman–Crippen MR) is 78.2 cm³/mol. The number of hydrogen-bond acceptors (Lipinski definition) is 3. The zero-order valence-corrected chi connectivity index (χ0v) is 12.2. The molecule has 0 aliphatic heterocycles. The zero-order valence-electron chi connectivity index (χ0n) is 12.2. The third kappa shape index (κ3) is 3.03. The first-order chi connectivity index (χ1) is 8.14. The van der Waals surface area contributed by atoms with Gasteiger partial charge in [-0.3, -0.25) is 4.79 Å². The van der Waals surface area contributed by atoms with Gasteiger partial charge in [-0.15, -0.1) is 0 Å². The molecule has 100 valence electrons. The molecule has 18 heavy (non-hydrogen) atoms. The molecule has 1 unspecified atom stereocenters. The number of Topliss-reactive ketones (excluding diaryl/α,β-unsaturated/α-hetero) is 1. The van der Waals surface area contributed by atoms with Crippen LogP contribution in [0.2, 0.25) is 0 Å². The summed E-state index contributed by atoms with van der Waals surface area (Å²) in [6, 6.07) is 6.01. The van der Waals surface area contributed by atoms with Crippen molar-refractivity contribution in [1.82, 2.24) is 0 Å². The van der Waals surface area contributed by atoms with Crippen LogP contribution in [0.3, 0.4) is 0 Å². The number of carbonyl (C=O) groups is 1. The van der Waals surface area contributed by atoms with E-state index >= 15 is 0 Å². The van der Waals surface area contributed by atoms with Crippen molar-refractivity contribution in [3.05, 3.63) is 23.8 Å². The minimum absolute atomic E-state index is 0.00516. The number of anilines is 2. The normalized spacial score (nSPS) is 13.2. The summed E-state index contributed by atoms with van der Waals surface area (Å²) >= 11 is 0. The molecular weight excluding hydrogens is 224 g/mol. The van der Waals surface area contributed by atoms with Gasteiger partial charge in [0.15, 0.2) is 5.78 Å². The smallest absolute Gasteiger partial charge is 0.161 e. The molecule has 0 aliphatic rings. The molecule has 0 saturated heterocycles. The summed E-state index contributed by atoms with van der Waals surface area (Å²) < 4.78 is 0. The van der Waals surface area contributed by atoms with Crippen molar-refractivity contribution < 1.29 is 4.79 Å². The molecule has 0 radical (unpaired) electrons. The van der Waals surface area contributed by atoms with Crippen molar-refractivity contribution in [2.24, 2.45) is 5.41 Å². The lowest BCUT2D eigenvalue weighted by Gasteiger charge is -2.37. The van der Waals surface area contributed by atoms with Crippen LogP contribution in [-0.4, -0.2) is 18.9 Å². The fourth-order valence-corrected chi connectivity index (χ4v) is 1.89. The van der Waals surface area contributed by atoms with Crippen molar-refractivity contribution in [2.75, 3.05) is 17.7 Å². The van der Waals surface area contributed by atoms with Crippen molar-refractivity contribution in [2.45, 2.75) is 40.7 Å². The molecule has 0 bridgehead atoms. The Kier molecular flexibility index (Phi) is 4.05. The Morgan fingerprint density at radius 3 is 2.28 bits per heavy atom. The Labute approximate surface area is 110 Å². The summed E-state index contributed by atoms with van der Waals surface area (Å²) in [6.07, 6.45) is 0. The van der Waals surface area contributed by atoms with E-state index in [0.717, 1.165) is 5.69 Å². The maximum absolute atomic E-state index is 11.3. The highest BCUT2D eigenvalue weighted by Gasteiger charge is 2.24. The summed E-state index contributed by atoms with van der Waals surface area (Å²) in [6.45, 7) is 10.4. The van der Waals surface area contributed by atoms with Gasteiger partial charge in [0, 0.05) is 30.0 Å². The van der Waals surface area contributed by atoms with E-state index in [9.17, 15) is 4.79 Å². The highest BCUT2D eigenvalue weighted by molar-refractivity contribution is 5.99. The monoisotopic (exact) mass is 248 g/mol. The summed E-state index contributed by atoms with van der Waals surface area (Å²) in [5.41, 5.74) is 8.29. The lowest BCUT2D eigenvalue weighted by molar-refractivity contribution is 0.101. The van der Waals surface area contributed by atoms with E-state index in [-0.39, 0.29) is 11.2 Å². The standard InChI is InChI=1S/C15H24N2O/c1-10(18)13-8-7-12(9-14(13)16)17(6)11(2)15(3,4)5/h7-9,11H,16H2,1-6H3. The number of nitrogens with two attached hydrogens (primary N) is 1. The van der Waals surface area contributed by atoms with Crippen LogP contribution in [0.15, 0.2) is 18.2 Å². The van der Waals surface area contributed by atoms with Crippen LogP contribution in [0, 0.1) is 5.41 Å². The van der Waals surface area contributed by atoms with Gasteiger partial charge in [0.25, 0.3) is 0 Å². The summed E-state index contributed by atoms with van der Waals surface area (Å²) in [7, 11) is 2.05. The van der Waals surface area contributed by atoms with E-state index in [1.807, 2.05) is 12.1 Å². The summed E-state index contributed by atoms with van der Waals surface area (Å²) in [4.78, 5) is 13.5. The maximum atomic E-state index is 11.3. The van der Waals surface area contributed by atoms with Crippen LogP contribution in [0.1, 0.15) is 45.0 Å². The second-order valence-corrected chi connectivity index (χ2v) is 5.98. The molecular formula is C15H24N2O. The lowest BCUT2D eigenvalue weighted by Crippen LogP contribution is -2.39. The van der Waals surface area contributed by atoms with E-state index in [4.69, 9.17) is 5.73 Å². The average Bonchev–Trinajstić information content (AvgIpc) is 2.25. The molecule has 1 aromatic carbocycles. The van der Waals surface area contributed by atoms with Crippen molar-refractivity contribution in [3.8, 4) is 0 Å². The third-order valence-corrected chi connectivity index (χ3v) is 3.66. The molecule has 0 fully saturated rings. The average molecular weight is 248 g/mol. The molecule has 0 aliphatic carbocycles. The van der Waals surface area contributed by atoms with Crippen LogP contribution < -0.4 is 10.6 Å². The van der Waals surface area contributed by atoms with Gasteiger partial charge in [0.2, 0.25) is 0 Å². The first-order valence-electron chi connectivity index (χ1n) is 6.28. The SMILES string of the molecule is CC(=O)c1ccc(N(C)C(C)C(C)(C)C)cc1N. The molecule has 0 aromatic heterocycles. The number of benzene rings is 1. The van der Waals surface area contributed by atoms with Crippen molar-refractivity contribution in [1.29, 1.82) is 0 Å². The van der Waals surface area contributed by atoms with E-state index in [1.54, 1.807) is 6.07 Å². The van der Waals surface area contributed by atoms with Gasteiger partial charge in [-0.05, 0) is 37.5 Å². The fraction of sp³-hybridized carbons (Fsp3) is 0.533. The second-order valence-electron chi connectivity index (χ2n) is 5.98. The number of ketones is 1. The molecule has 1 aromatic rings. The number of hydrogen-bond donors (Lipinski definition) is 1. The van der Waals surface area contributed by atoms with Gasteiger partial charge in [-0.25, -0.2) is 0 Å². The summed E-state index contributed by atoms with van der Waals surface area (Å²) in [5.74, 6) is 0.00516. The topological polar surface area (TPSA) is 46.3 Å². The molecule has 3 heteroatoms. The molecule has 0 spiro atoms. The number of carbonyl (C=O) groups excluding carboxylic acids is 1. The van der Waals surface area contributed by atoms with Crippen LogP contribution in [-0.2, 0) is 0 Å². The molecule has 2 N–H and O–H groups in total. The van der Waals surface area contributed by atoms with Gasteiger partial charge in [0.1, 0.15) is 0 Å². The lowest BCUT2D eigenvalue weighted by atomic mass is 9.87. The summed E-state index contributed by atoms with van der Waals surface area (Å²) in [5, 5.41) is 0. The van der Waals surface area contributed by atoms with E-state index < -0.39 is 0 Å². The Hall–Kier alpha value is -1.51. The van der Waals surface area contributed by atoms with Gasteiger partial charge in [0.05, 0.1) is 0 Å². The Morgan fingerprint density at radius 2 is 1.89 bits per heavy atom. The molecule has 1 atom stereocenters. The highest BCUT2D eigenvalue weighted by Crippen LogP contribution is 2.29. The largest absolute Gasteiger partial charge is 0.398 e. The highest BCUT2D eigenvalue weighted by atomic mass is 16.1. The van der Waals surface area contributed by atoms with E-state index in [0.29, 0.717) is 17.3 Å². The van der Waals surface area contributed by atoms with Gasteiger partial charge in [-0.2, -0.15) is 0 Å². The number of nitrogen functional groups attached to an aromatic ring is 1. The predicted octanol–water partition coefficient (Wildman–Crippen LogP) is 3.34. The number of rotatable bonds is 3. The van der Waals surface area contributed by atoms with Crippen LogP contribution in [0.5, 0.6) is 0 Å². The molecule has 3 nitrogen and oxygen atoms in total. The quantitative estimate of drug-likeness (QED) is 0.659. The first kappa shape index (κ1) is 14.6. The molecule has 0 amide bonds. The Balaban J connectivity index is 3.05. The van der Waals surface area contributed by atoms with Crippen LogP contribution >= 0.6 is 0 Å². The minimum atomic E-state index is 0.00516. The molecule has 1 rings (SSSR count). The first-order valence-corrected chi connectivity index (χ1v) is 6.28. The zero-order chi connectivity index (χ0) is 14.1. The van der Waals surface area contributed by atoms with Crippen molar-refractivity contribution >= 4 is 17.2 Å². The van der Waals surface area contributed by atoms with Gasteiger partial charge >= 0.3 is 0 Å². The Morgan fingerprint density at radius 1 is 1.33 bits per heavy atom. The van der Waals surface area contributed by atoms with E-state index in [2.05, 4.69) is 39.6 Å². The fourth-order valence-electron chi connectivity index (χ4n) is 1.89. The minimum Gasteiger partial charge on any atom is -0.398 e. The molecule has 0 heterocycles. The second kappa shape index (κ2) is 5.01. The van der Waals surface area contributed by atoms with Gasteiger partial charge < -0.3 is 10.6 Å². The van der Waals surface area contributed by atoms with Crippen LogP contribution in [0.25, 0.3) is 0 Å². The molecule has 0 saturated carbocycles.